The van der Waals surface area contributed by atoms with Crippen LogP contribution >= 0.6 is 0 Å². The Morgan fingerprint density at radius 2 is 2.14 bits per heavy atom. The lowest BCUT2D eigenvalue weighted by atomic mass is 10.1. The van der Waals surface area contributed by atoms with Crippen LogP contribution in [0.15, 0.2) is 34.3 Å². The predicted octanol–water partition coefficient (Wildman–Crippen LogP) is -0.0518. The van der Waals surface area contributed by atoms with Crippen LogP contribution in [0.3, 0.4) is 0 Å². The smallest absolute Gasteiger partial charge is 0.276 e. The summed E-state index contributed by atoms with van der Waals surface area (Å²) in [7, 11) is 1.51. The zero-order valence-electron chi connectivity index (χ0n) is 12.3. The van der Waals surface area contributed by atoms with Crippen molar-refractivity contribution in [2.45, 2.75) is 13.5 Å². The first kappa shape index (κ1) is 15.4. The second-order valence-corrected chi connectivity index (χ2v) is 4.52. The van der Waals surface area contributed by atoms with Crippen LogP contribution in [-0.4, -0.2) is 23.5 Å². The number of fused-ring (bicyclic) bond motifs is 1. The number of rotatable bonds is 4. The van der Waals surface area contributed by atoms with Gasteiger partial charge in [-0.2, -0.15) is 0 Å². The summed E-state index contributed by atoms with van der Waals surface area (Å²) in [6.07, 6.45) is 1.48. The summed E-state index contributed by atoms with van der Waals surface area (Å²) in [5, 5.41) is 3.80. The number of nitrogens with zero attached hydrogens (tertiary/aromatic N) is 2. The van der Waals surface area contributed by atoms with E-state index < -0.39 is 11.3 Å². The number of carbonyl (C=O) groups excluding carboxylic acids is 1. The molecule has 8 nitrogen and oxygen atoms in total. The number of aryl methyl sites for hydroxylation is 1. The molecule has 1 aromatic carbocycles. The number of methoxy groups -OCH3 is 1. The molecule has 8 heteroatoms. The average molecular weight is 303 g/mol. The Hall–Kier alpha value is -3.03. The lowest BCUT2D eigenvalue weighted by Gasteiger charge is -2.11. The monoisotopic (exact) mass is 303 g/mol. The summed E-state index contributed by atoms with van der Waals surface area (Å²) < 4.78 is 6.92. The van der Waals surface area contributed by atoms with Gasteiger partial charge in [0.1, 0.15) is 11.3 Å². The van der Waals surface area contributed by atoms with Gasteiger partial charge in [-0.15, -0.1) is 5.10 Å². The molecular formula is C14H17N5O3. The molecule has 0 fully saturated rings. The predicted molar refractivity (Wildman–Crippen MR) is 83.7 cm³/mol. The maximum atomic E-state index is 12.5. The normalized spacial score (nSPS) is 10.3. The molecule has 0 spiro atoms. The lowest BCUT2D eigenvalue weighted by molar-refractivity contribution is 0.0953. The van der Waals surface area contributed by atoms with E-state index in [1.165, 1.54) is 13.3 Å². The van der Waals surface area contributed by atoms with E-state index in [2.05, 4.69) is 10.5 Å². The van der Waals surface area contributed by atoms with Gasteiger partial charge in [0, 0.05) is 12.7 Å². The summed E-state index contributed by atoms with van der Waals surface area (Å²) in [6.45, 7) is 2.50. The number of nitrogens with two attached hydrogens (primary N) is 2. The third-order valence-electron chi connectivity index (χ3n) is 3.16. The SMILES string of the molecule is CCn1cc(C(=O)NN=C(N)N)c(=O)c2cc(OC)ccc21. The standard InChI is InChI=1S/C14H17N5O3/c1-3-19-7-10(13(21)17-18-14(15)16)12(20)9-6-8(22-2)4-5-11(9)19/h4-7H,3H2,1-2H3,(H,17,21)(H4,15,16,18). The van der Waals surface area contributed by atoms with Crippen molar-refractivity contribution in [3.8, 4) is 5.75 Å². The fourth-order valence-corrected chi connectivity index (χ4v) is 2.10. The van der Waals surface area contributed by atoms with Crippen molar-refractivity contribution >= 4 is 22.8 Å². The molecule has 0 aliphatic heterocycles. The number of aromatic nitrogens is 1. The number of hydrogen-bond donors (Lipinski definition) is 3. The molecule has 0 saturated heterocycles. The van der Waals surface area contributed by atoms with Gasteiger partial charge in [-0.3, -0.25) is 9.59 Å². The number of pyridine rings is 1. The minimum absolute atomic E-state index is 0.0485. The Balaban J connectivity index is 2.65. The Morgan fingerprint density at radius 3 is 2.73 bits per heavy atom. The molecule has 0 unspecified atom stereocenters. The second kappa shape index (κ2) is 6.17. The lowest BCUT2D eigenvalue weighted by Crippen LogP contribution is -2.31. The van der Waals surface area contributed by atoms with E-state index in [0.29, 0.717) is 23.2 Å². The van der Waals surface area contributed by atoms with Crippen molar-refractivity contribution in [2.24, 2.45) is 16.6 Å². The molecule has 1 amide bonds. The second-order valence-electron chi connectivity index (χ2n) is 4.52. The summed E-state index contributed by atoms with van der Waals surface area (Å²) in [6, 6.07) is 5.13. The van der Waals surface area contributed by atoms with Gasteiger partial charge in [-0.25, -0.2) is 5.43 Å². The summed E-state index contributed by atoms with van der Waals surface area (Å²) in [5.74, 6) is -0.439. The highest BCUT2D eigenvalue weighted by molar-refractivity contribution is 5.98. The molecule has 0 aliphatic carbocycles. The van der Waals surface area contributed by atoms with E-state index in [1.807, 2.05) is 6.92 Å². The van der Waals surface area contributed by atoms with Crippen molar-refractivity contribution in [1.29, 1.82) is 0 Å². The number of benzene rings is 1. The molecule has 2 rings (SSSR count). The van der Waals surface area contributed by atoms with Gasteiger partial charge >= 0.3 is 0 Å². The number of amides is 1. The number of carbonyl (C=O) groups is 1. The highest BCUT2D eigenvalue weighted by Gasteiger charge is 2.15. The topological polar surface area (TPSA) is 125 Å². The Labute approximate surface area is 126 Å². The Morgan fingerprint density at radius 1 is 1.41 bits per heavy atom. The zero-order chi connectivity index (χ0) is 16.3. The van der Waals surface area contributed by atoms with Gasteiger partial charge < -0.3 is 20.8 Å². The fraction of sp³-hybridized carbons (Fsp3) is 0.214. The summed E-state index contributed by atoms with van der Waals surface area (Å²) in [5.41, 5.74) is 12.7. The van der Waals surface area contributed by atoms with E-state index in [1.54, 1.807) is 22.8 Å². The van der Waals surface area contributed by atoms with Crippen LogP contribution in [-0.2, 0) is 6.54 Å². The van der Waals surface area contributed by atoms with E-state index in [4.69, 9.17) is 16.2 Å². The van der Waals surface area contributed by atoms with Crippen LogP contribution in [0.25, 0.3) is 10.9 Å². The molecule has 22 heavy (non-hydrogen) atoms. The van der Waals surface area contributed by atoms with Gasteiger partial charge in [0.05, 0.1) is 18.0 Å². The van der Waals surface area contributed by atoms with Crippen LogP contribution in [0.1, 0.15) is 17.3 Å². The van der Waals surface area contributed by atoms with Gasteiger partial charge in [0.2, 0.25) is 11.4 Å². The van der Waals surface area contributed by atoms with Crippen LogP contribution in [0.4, 0.5) is 0 Å². The van der Waals surface area contributed by atoms with E-state index in [-0.39, 0.29) is 11.5 Å². The first-order valence-corrected chi connectivity index (χ1v) is 6.58. The van der Waals surface area contributed by atoms with Crippen molar-refractivity contribution in [3.05, 3.63) is 40.2 Å². The highest BCUT2D eigenvalue weighted by atomic mass is 16.5. The number of hydrogen-bond acceptors (Lipinski definition) is 4. The molecule has 0 aliphatic rings. The average Bonchev–Trinajstić information content (AvgIpc) is 2.52. The number of nitrogens with one attached hydrogen (secondary N) is 1. The molecule has 0 bridgehead atoms. The van der Waals surface area contributed by atoms with Crippen LogP contribution < -0.4 is 27.1 Å². The number of hydrazone groups is 1. The third-order valence-corrected chi connectivity index (χ3v) is 3.16. The van der Waals surface area contributed by atoms with Crippen LogP contribution in [0, 0.1) is 0 Å². The maximum Gasteiger partial charge on any atom is 0.276 e. The van der Waals surface area contributed by atoms with Crippen LogP contribution in [0.5, 0.6) is 5.75 Å². The summed E-state index contributed by atoms with van der Waals surface area (Å²) >= 11 is 0. The molecule has 0 radical (unpaired) electrons. The van der Waals surface area contributed by atoms with Gasteiger partial charge in [-0.1, -0.05) is 0 Å². The molecule has 116 valence electrons. The van der Waals surface area contributed by atoms with Gasteiger partial charge in [-0.05, 0) is 25.1 Å². The summed E-state index contributed by atoms with van der Waals surface area (Å²) in [4.78, 5) is 24.6. The van der Waals surface area contributed by atoms with Crippen molar-refractivity contribution in [1.82, 2.24) is 9.99 Å². The molecule has 1 heterocycles. The molecular weight excluding hydrogens is 286 g/mol. The number of guanidine groups is 1. The number of ether oxygens (including phenoxy) is 1. The zero-order valence-corrected chi connectivity index (χ0v) is 12.3. The van der Waals surface area contributed by atoms with Crippen LogP contribution in [0.2, 0.25) is 0 Å². The fourth-order valence-electron chi connectivity index (χ4n) is 2.10. The van der Waals surface area contributed by atoms with Crippen molar-refractivity contribution < 1.29 is 9.53 Å². The van der Waals surface area contributed by atoms with E-state index in [0.717, 1.165) is 0 Å². The van der Waals surface area contributed by atoms with Crippen molar-refractivity contribution in [3.63, 3.8) is 0 Å². The Bertz CT molecular complexity index is 806. The minimum Gasteiger partial charge on any atom is -0.497 e. The maximum absolute atomic E-state index is 12.5. The van der Waals surface area contributed by atoms with E-state index >= 15 is 0 Å². The molecule has 0 saturated carbocycles. The minimum atomic E-state index is -0.676. The highest BCUT2D eigenvalue weighted by Crippen LogP contribution is 2.19. The molecule has 0 atom stereocenters. The van der Waals surface area contributed by atoms with E-state index in [9.17, 15) is 9.59 Å². The first-order chi connectivity index (χ1) is 10.5. The molecule has 5 N–H and O–H groups in total. The first-order valence-electron chi connectivity index (χ1n) is 6.58. The molecule has 1 aromatic heterocycles. The van der Waals surface area contributed by atoms with Crippen molar-refractivity contribution in [2.75, 3.05) is 7.11 Å². The van der Waals surface area contributed by atoms with Gasteiger partial charge in [0.15, 0.2) is 0 Å². The van der Waals surface area contributed by atoms with Gasteiger partial charge in [0.25, 0.3) is 5.91 Å². The molecule has 2 aromatic rings. The largest absolute Gasteiger partial charge is 0.497 e. The third kappa shape index (κ3) is 2.85. The Kier molecular flexibility index (Phi) is 4.31. The quantitative estimate of drug-likeness (QED) is 0.415.